The standard InChI is InChI=1S/C21H28F2N4O4/c1-31-10-2-4-24-19(28)14-25-6-8-26(9-7-25)20(29)18-3-5-27(21(18)30)17-12-15(22)11-16(23)13-17/h11-13,18H,2-10,14H2,1H3,(H,24,28). The highest BCUT2D eigenvalue weighted by Gasteiger charge is 2.40. The van der Waals surface area contributed by atoms with Gasteiger partial charge in [-0.25, -0.2) is 8.78 Å². The Kier molecular flexibility index (Phi) is 7.91. The Labute approximate surface area is 180 Å². The van der Waals surface area contributed by atoms with Gasteiger partial charge in [0.25, 0.3) is 0 Å². The van der Waals surface area contributed by atoms with Gasteiger partial charge in [-0.2, -0.15) is 0 Å². The lowest BCUT2D eigenvalue weighted by Gasteiger charge is -2.35. The maximum atomic E-state index is 13.5. The number of benzene rings is 1. The van der Waals surface area contributed by atoms with Gasteiger partial charge >= 0.3 is 0 Å². The lowest BCUT2D eigenvalue weighted by molar-refractivity contribution is -0.141. The summed E-state index contributed by atoms with van der Waals surface area (Å²) in [6.07, 6.45) is 1.05. The molecule has 1 atom stereocenters. The van der Waals surface area contributed by atoms with Gasteiger partial charge in [-0.15, -0.1) is 0 Å². The molecule has 0 spiro atoms. The topological polar surface area (TPSA) is 82.2 Å². The number of nitrogens with one attached hydrogen (secondary N) is 1. The monoisotopic (exact) mass is 438 g/mol. The number of rotatable bonds is 8. The van der Waals surface area contributed by atoms with Crippen LogP contribution in [0.25, 0.3) is 0 Å². The molecule has 2 fully saturated rings. The first-order valence-electron chi connectivity index (χ1n) is 10.4. The summed E-state index contributed by atoms with van der Waals surface area (Å²) in [5, 5.41) is 2.83. The number of nitrogens with zero attached hydrogens (tertiary/aromatic N) is 3. The molecule has 2 saturated heterocycles. The van der Waals surface area contributed by atoms with Crippen molar-refractivity contribution in [3.05, 3.63) is 29.8 Å². The SMILES string of the molecule is COCCCNC(=O)CN1CCN(C(=O)C2CCN(c3cc(F)cc(F)c3)C2=O)CC1. The average Bonchev–Trinajstić information content (AvgIpc) is 3.12. The van der Waals surface area contributed by atoms with Crippen LogP contribution in [0.4, 0.5) is 14.5 Å². The van der Waals surface area contributed by atoms with E-state index in [0.717, 1.165) is 24.6 Å². The minimum Gasteiger partial charge on any atom is -0.385 e. The average molecular weight is 438 g/mol. The first kappa shape index (κ1) is 23.1. The van der Waals surface area contributed by atoms with E-state index in [4.69, 9.17) is 4.74 Å². The number of halogens is 2. The van der Waals surface area contributed by atoms with E-state index < -0.39 is 23.5 Å². The van der Waals surface area contributed by atoms with Crippen molar-refractivity contribution < 1.29 is 27.9 Å². The Balaban J connectivity index is 1.47. The van der Waals surface area contributed by atoms with Gasteiger partial charge in [-0.1, -0.05) is 0 Å². The van der Waals surface area contributed by atoms with Gasteiger partial charge in [-0.05, 0) is 25.0 Å². The Bertz CT molecular complexity index is 794. The first-order valence-corrected chi connectivity index (χ1v) is 10.4. The molecule has 2 aliphatic rings. The number of hydrogen-bond acceptors (Lipinski definition) is 5. The molecule has 0 aromatic heterocycles. The Hall–Kier alpha value is -2.59. The van der Waals surface area contributed by atoms with Crippen molar-refractivity contribution in [1.82, 2.24) is 15.1 Å². The summed E-state index contributed by atoms with van der Waals surface area (Å²) in [5.41, 5.74) is 0.124. The Morgan fingerprint density at radius 2 is 1.77 bits per heavy atom. The first-order chi connectivity index (χ1) is 14.9. The number of amides is 3. The fourth-order valence-corrected chi connectivity index (χ4v) is 3.91. The van der Waals surface area contributed by atoms with Crippen LogP contribution in [-0.2, 0) is 19.1 Å². The number of carbonyl (C=O) groups is 3. The highest BCUT2D eigenvalue weighted by Crippen LogP contribution is 2.28. The summed E-state index contributed by atoms with van der Waals surface area (Å²) in [7, 11) is 1.61. The minimum atomic E-state index is -0.845. The highest BCUT2D eigenvalue weighted by atomic mass is 19.1. The largest absolute Gasteiger partial charge is 0.385 e. The van der Waals surface area contributed by atoms with E-state index in [1.165, 1.54) is 4.90 Å². The van der Waals surface area contributed by atoms with E-state index >= 15 is 0 Å². The molecular weight excluding hydrogens is 410 g/mol. The summed E-state index contributed by atoms with van der Waals surface area (Å²) in [6.45, 7) is 3.57. The lowest BCUT2D eigenvalue weighted by atomic mass is 10.1. The number of piperazine rings is 1. The summed E-state index contributed by atoms with van der Waals surface area (Å²) in [5.74, 6) is -3.16. The van der Waals surface area contributed by atoms with Crippen LogP contribution in [0.1, 0.15) is 12.8 Å². The quantitative estimate of drug-likeness (QED) is 0.475. The van der Waals surface area contributed by atoms with Gasteiger partial charge in [0.15, 0.2) is 0 Å². The molecule has 0 saturated carbocycles. The molecular formula is C21H28F2N4O4. The fraction of sp³-hybridized carbons (Fsp3) is 0.571. The smallest absolute Gasteiger partial charge is 0.239 e. The number of anilines is 1. The van der Waals surface area contributed by atoms with E-state index in [2.05, 4.69) is 5.32 Å². The summed E-state index contributed by atoms with van der Waals surface area (Å²) in [6, 6.07) is 2.92. The second kappa shape index (κ2) is 10.6. The molecule has 0 aliphatic carbocycles. The number of ether oxygens (including phenoxy) is 1. The van der Waals surface area contributed by atoms with Gasteiger partial charge in [-0.3, -0.25) is 19.3 Å². The van der Waals surface area contributed by atoms with Gasteiger partial charge in [0.2, 0.25) is 17.7 Å². The van der Waals surface area contributed by atoms with E-state index in [1.807, 2.05) is 4.90 Å². The molecule has 2 aliphatic heterocycles. The van der Waals surface area contributed by atoms with Crippen molar-refractivity contribution >= 4 is 23.4 Å². The van der Waals surface area contributed by atoms with Gasteiger partial charge < -0.3 is 19.9 Å². The summed E-state index contributed by atoms with van der Waals surface area (Å²) >= 11 is 0. The molecule has 1 N–H and O–H groups in total. The predicted octanol–water partition coefficient (Wildman–Crippen LogP) is 0.615. The maximum absolute atomic E-state index is 13.5. The van der Waals surface area contributed by atoms with Gasteiger partial charge in [0.05, 0.1) is 6.54 Å². The second-order valence-electron chi connectivity index (χ2n) is 7.76. The van der Waals surface area contributed by atoms with Gasteiger partial charge in [0, 0.05) is 64.7 Å². The third-order valence-corrected chi connectivity index (χ3v) is 5.56. The van der Waals surface area contributed by atoms with E-state index in [9.17, 15) is 23.2 Å². The zero-order valence-corrected chi connectivity index (χ0v) is 17.6. The minimum absolute atomic E-state index is 0.0696. The molecule has 31 heavy (non-hydrogen) atoms. The molecule has 8 nitrogen and oxygen atoms in total. The molecule has 170 valence electrons. The van der Waals surface area contributed by atoms with Crippen LogP contribution in [0.15, 0.2) is 18.2 Å². The van der Waals surface area contributed by atoms with Crippen LogP contribution in [0.2, 0.25) is 0 Å². The zero-order chi connectivity index (χ0) is 22.4. The number of hydrogen-bond donors (Lipinski definition) is 1. The molecule has 1 aromatic rings. The second-order valence-corrected chi connectivity index (χ2v) is 7.76. The zero-order valence-electron chi connectivity index (χ0n) is 17.6. The van der Waals surface area contributed by atoms with Crippen LogP contribution in [-0.4, -0.2) is 87.1 Å². The number of carbonyl (C=O) groups excluding carboxylic acids is 3. The van der Waals surface area contributed by atoms with Crippen LogP contribution < -0.4 is 10.2 Å². The van der Waals surface area contributed by atoms with E-state index in [1.54, 1.807) is 12.0 Å². The van der Waals surface area contributed by atoms with Crippen LogP contribution in [0, 0.1) is 17.6 Å². The van der Waals surface area contributed by atoms with Crippen LogP contribution >= 0.6 is 0 Å². The number of methoxy groups -OCH3 is 1. The van der Waals surface area contributed by atoms with E-state index in [-0.39, 0.29) is 30.6 Å². The van der Waals surface area contributed by atoms with Crippen LogP contribution in [0.5, 0.6) is 0 Å². The molecule has 0 radical (unpaired) electrons. The Morgan fingerprint density at radius 3 is 2.42 bits per heavy atom. The van der Waals surface area contributed by atoms with Crippen molar-refractivity contribution in [2.45, 2.75) is 12.8 Å². The highest BCUT2D eigenvalue weighted by molar-refractivity contribution is 6.09. The molecule has 1 aromatic carbocycles. The third kappa shape index (κ3) is 5.98. The molecule has 2 heterocycles. The van der Waals surface area contributed by atoms with Crippen molar-refractivity contribution in [2.24, 2.45) is 5.92 Å². The predicted molar refractivity (Wildman–Crippen MR) is 109 cm³/mol. The Morgan fingerprint density at radius 1 is 1.10 bits per heavy atom. The molecule has 1 unspecified atom stereocenters. The van der Waals surface area contributed by atoms with Gasteiger partial charge in [0.1, 0.15) is 17.6 Å². The summed E-state index contributed by atoms with van der Waals surface area (Å²) < 4.78 is 31.9. The molecule has 0 bridgehead atoms. The fourth-order valence-electron chi connectivity index (χ4n) is 3.91. The van der Waals surface area contributed by atoms with Crippen molar-refractivity contribution in [1.29, 1.82) is 0 Å². The maximum Gasteiger partial charge on any atom is 0.239 e. The van der Waals surface area contributed by atoms with Crippen LogP contribution in [0.3, 0.4) is 0 Å². The molecule has 3 rings (SSSR count). The van der Waals surface area contributed by atoms with Crippen molar-refractivity contribution in [3.63, 3.8) is 0 Å². The third-order valence-electron chi connectivity index (χ3n) is 5.56. The normalized spacial score (nSPS) is 19.7. The van der Waals surface area contributed by atoms with Crippen molar-refractivity contribution in [2.75, 3.05) is 64.4 Å². The molecule has 10 heteroatoms. The van der Waals surface area contributed by atoms with Crippen molar-refractivity contribution in [3.8, 4) is 0 Å². The molecule has 3 amide bonds. The lowest BCUT2D eigenvalue weighted by Crippen LogP contribution is -2.53. The van der Waals surface area contributed by atoms with E-state index in [0.29, 0.717) is 45.8 Å². The summed E-state index contributed by atoms with van der Waals surface area (Å²) in [4.78, 5) is 42.4.